The number of aromatic nitrogens is 2. The van der Waals surface area contributed by atoms with Crippen molar-refractivity contribution in [2.75, 3.05) is 0 Å². The van der Waals surface area contributed by atoms with Gasteiger partial charge in [-0.05, 0) is 38.0 Å². The Labute approximate surface area is 136 Å². The van der Waals surface area contributed by atoms with Crippen LogP contribution in [0.2, 0.25) is 0 Å². The lowest BCUT2D eigenvalue weighted by atomic mass is 10.1. The highest BCUT2D eigenvalue weighted by molar-refractivity contribution is 5.86. The van der Waals surface area contributed by atoms with Crippen molar-refractivity contribution in [3.05, 3.63) is 65.4 Å². The summed E-state index contributed by atoms with van der Waals surface area (Å²) in [6, 6.07) is 15.7. The minimum Gasteiger partial charge on any atom is -0.350 e. The number of rotatable bonds is 4. The molecule has 0 spiro atoms. The van der Waals surface area contributed by atoms with E-state index < -0.39 is 0 Å². The number of amides is 1. The van der Waals surface area contributed by atoms with E-state index in [-0.39, 0.29) is 11.9 Å². The molecule has 3 rings (SSSR count). The van der Waals surface area contributed by atoms with Gasteiger partial charge in [-0.3, -0.25) is 9.48 Å². The summed E-state index contributed by atoms with van der Waals surface area (Å²) in [5.41, 5.74) is 4.25. The van der Waals surface area contributed by atoms with Crippen molar-refractivity contribution >= 4 is 16.8 Å². The number of hydrogen-bond donors (Lipinski definition) is 1. The zero-order valence-electron chi connectivity index (χ0n) is 13.7. The smallest absolute Gasteiger partial charge is 0.244 e. The fraction of sp³-hybridized carbons (Fsp3) is 0.263. The van der Waals surface area contributed by atoms with E-state index in [4.69, 9.17) is 0 Å². The van der Waals surface area contributed by atoms with Crippen LogP contribution in [0.4, 0.5) is 0 Å². The third-order valence-electron chi connectivity index (χ3n) is 4.26. The first-order valence-electron chi connectivity index (χ1n) is 7.84. The number of carbonyl (C=O) groups excluding carboxylic acids is 1. The van der Waals surface area contributed by atoms with E-state index in [2.05, 4.69) is 23.4 Å². The highest BCUT2D eigenvalue weighted by Crippen LogP contribution is 2.21. The van der Waals surface area contributed by atoms with Crippen molar-refractivity contribution in [2.24, 2.45) is 0 Å². The minimum atomic E-state index is -0.349. The van der Waals surface area contributed by atoms with Gasteiger partial charge in [0.1, 0.15) is 6.04 Å². The Morgan fingerprint density at radius 3 is 2.61 bits per heavy atom. The number of nitrogens with zero attached hydrogens (tertiary/aromatic N) is 2. The molecule has 0 saturated carbocycles. The third-order valence-corrected chi connectivity index (χ3v) is 4.26. The molecule has 2 aromatic carbocycles. The first kappa shape index (κ1) is 15.3. The standard InChI is InChI=1S/C19H21N3O/c1-13-8-4-5-9-16(13)12-20-19(23)15(3)22-18-11-7-6-10-17(18)14(2)21-22/h4-11,15H,12H2,1-3H3,(H,20,23)/t15-/m1/s1. The number of nitrogens with one attached hydrogen (secondary N) is 1. The van der Waals surface area contributed by atoms with Crippen LogP contribution in [0.1, 0.15) is 29.8 Å². The molecule has 0 radical (unpaired) electrons. The van der Waals surface area contributed by atoms with Gasteiger partial charge in [-0.1, -0.05) is 42.5 Å². The molecule has 0 saturated heterocycles. The van der Waals surface area contributed by atoms with E-state index in [0.29, 0.717) is 6.54 Å². The van der Waals surface area contributed by atoms with E-state index in [9.17, 15) is 4.79 Å². The normalized spacial score (nSPS) is 12.3. The Morgan fingerprint density at radius 1 is 1.13 bits per heavy atom. The van der Waals surface area contributed by atoms with Gasteiger partial charge >= 0.3 is 0 Å². The SMILES string of the molecule is Cc1ccccc1CNC(=O)[C@@H](C)n1nc(C)c2ccccc21. The molecule has 4 nitrogen and oxygen atoms in total. The molecule has 0 aliphatic heterocycles. The molecular formula is C19H21N3O. The fourth-order valence-corrected chi connectivity index (χ4v) is 2.79. The molecule has 0 aliphatic rings. The van der Waals surface area contributed by atoms with Gasteiger partial charge in [0.25, 0.3) is 0 Å². The Balaban J connectivity index is 1.78. The summed E-state index contributed by atoms with van der Waals surface area (Å²) in [7, 11) is 0. The first-order valence-corrected chi connectivity index (χ1v) is 7.84. The molecule has 0 unspecified atom stereocenters. The molecule has 0 aliphatic carbocycles. The van der Waals surface area contributed by atoms with E-state index >= 15 is 0 Å². The Hall–Kier alpha value is -2.62. The van der Waals surface area contributed by atoms with Crippen molar-refractivity contribution in [3.8, 4) is 0 Å². The van der Waals surface area contributed by atoms with Crippen molar-refractivity contribution in [3.63, 3.8) is 0 Å². The zero-order chi connectivity index (χ0) is 16.4. The summed E-state index contributed by atoms with van der Waals surface area (Å²) >= 11 is 0. The number of benzene rings is 2. The van der Waals surface area contributed by atoms with Gasteiger partial charge in [0, 0.05) is 11.9 Å². The summed E-state index contributed by atoms with van der Waals surface area (Å²) in [6.07, 6.45) is 0. The second-order valence-electron chi connectivity index (χ2n) is 5.87. The van der Waals surface area contributed by atoms with Gasteiger partial charge in [-0.15, -0.1) is 0 Å². The number of para-hydroxylation sites is 1. The van der Waals surface area contributed by atoms with Gasteiger partial charge in [0.05, 0.1) is 11.2 Å². The molecule has 118 valence electrons. The highest BCUT2D eigenvalue weighted by Gasteiger charge is 2.19. The van der Waals surface area contributed by atoms with Gasteiger partial charge in [-0.2, -0.15) is 5.10 Å². The van der Waals surface area contributed by atoms with Gasteiger partial charge < -0.3 is 5.32 Å². The Kier molecular flexibility index (Phi) is 4.15. The van der Waals surface area contributed by atoms with Crippen molar-refractivity contribution < 1.29 is 4.79 Å². The lowest BCUT2D eigenvalue weighted by molar-refractivity contribution is -0.124. The van der Waals surface area contributed by atoms with E-state index in [1.165, 1.54) is 5.56 Å². The summed E-state index contributed by atoms with van der Waals surface area (Å²) in [4.78, 5) is 12.5. The second-order valence-corrected chi connectivity index (χ2v) is 5.87. The van der Waals surface area contributed by atoms with Gasteiger partial charge in [0.2, 0.25) is 5.91 Å². The molecule has 1 heterocycles. The topological polar surface area (TPSA) is 46.9 Å². The highest BCUT2D eigenvalue weighted by atomic mass is 16.2. The van der Waals surface area contributed by atoms with Crippen LogP contribution in [-0.4, -0.2) is 15.7 Å². The van der Waals surface area contributed by atoms with Crippen molar-refractivity contribution in [2.45, 2.75) is 33.4 Å². The van der Waals surface area contributed by atoms with E-state index in [1.54, 1.807) is 4.68 Å². The van der Waals surface area contributed by atoms with Crippen LogP contribution in [0.5, 0.6) is 0 Å². The molecule has 1 N–H and O–H groups in total. The Bertz CT molecular complexity index is 851. The van der Waals surface area contributed by atoms with Crippen LogP contribution >= 0.6 is 0 Å². The van der Waals surface area contributed by atoms with E-state index in [1.807, 2.05) is 56.3 Å². The van der Waals surface area contributed by atoms with Crippen LogP contribution in [0.25, 0.3) is 10.9 Å². The maximum absolute atomic E-state index is 12.5. The molecule has 0 fully saturated rings. The molecule has 4 heteroatoms. The average Bonchev–Trinajstić information content (AvgIpc) is 2.90. The minimum absolute atomic E-state index is 0.0264. The van der Waals surface area contributed by atoms with Crippen LogP contribution in [0.3, 0.4) is 0 Å². The molecule has 1 amide bonds. The summed E-state index contributed by atoms with van der Waals surface area (Å²) in [5, 5.41) is 8.64. The molecule has 1 atom stereocenters. The molecule has 1 aromatic heterocycles. The third kappa shape index (κ3) is 2.97. The summed E-state index contributed by atoms with van der Waals surface area (Å²) in [5.74, 6) is -0.0264. The number of hydrogen-bond acceptors (Lipinski definition) is 2. The quantitative estimate of drug-likeness (QED) is 0.801. The number of aryl methyl sites for hydroxylation is 2. The van der Waals surface area contributed by atoms with Crippen LogP contribution in [0, 0.1) is 13.8 Å². The number of fused-ring (bicyclic) bond motifs is 1. The van der Waals surface area contributed by atoms with Gasteiger partial charge in [0.15, 0.2) is 0 Å². The Morgan fingerprint density at radius 2 is 1.83 bits per heavy atom. The maximum atomic E-state index is 12.5. The lowest BCUT2D eigenvalue weighted by Gasteiger charge is -2.14. The van der Waals surface area contributed by atoms with Crippen molar-refractivity contribution in [1.82, 2.24) is 15.1 Å². The lowest BCUT2D eigenvalue weighted by Crippen LogP contribution is -2.31. The molecular weight excluding hydrogens is 286 g/mol. The summed E-state index contributed by atoms with van der Waals surface area (Å²) < 4.78 is 1.80. The van der Waals surface area contributed by atoms with Crippen molar-refractivity contribution in [1.29, 1.82) is 0 Å². The predicted molar refractivity (Wildman–Crippen MR) is 92.2 cm³/mol. The van der Waals surface area contributed by atoms with Crippen LogP contribution < -0.4 is 5.32 Å². The second kappa shape index (κ2) is 6.24. The molecule has 0 bridgehead atoms. The molecule has 3 aromatic rings. The maximum Gasteiger partial charge on any atom is 0.244 e. The zero-order valence-corrected chi connectivity index (χ0v) is 13.7. The first-order chi connectivity index (χ1) is 11.1. The fourth-order valence-electron chi connectivity index (χ4n) is 2.79. The average molecular weight is 307 g/mol. The monoisotopic (exact) mass is 307 g/mol. The molecule has 23 heavy (non-hydrogen) atoms. The van der Waals surface area contributed by atoms with Gasteiger partial charge in [-0.25, -0.2) is 0 Å². The number of carbonyl (C=O) groups is 1. The summed E-state index contributed by atoms with van der Waals surface area (Å²) in [6.45, 7) is 6.44. The van der Waals surface area contributed by atoms with Crippen LogP contribution in [-0.2, 0) is 11.3 Å². The van der Waals surface area contributed by atoms with E-state index in [0.717, 1.165) is 22.2 Å². The predicted octanol–water partition coefficient (Wildman–Crippen LogP) is 3.53. The largest absolute Gasteiger partial charge is 0.350 e. The van der Waals surface area contributed by atoms with Crippen LogP contribution in [0.15, 0.2) is 48.5 Å².